The Morgan fingerprint density at radius 3 is 2.67 bits per heavy atom. The monoisotopic (exact) mass is 315 g/mol. The first-order valence-electron chi connectivity index (χ1n) is 6.45. The Bertz CT molecular complexity index is 342. The van der Waals surface area contributed by atoms with Crippen molar-refractivity contribution in [1.82, 2.24) is 5.32 Å². The number of hydrogen-bond acceptors (Lipinski definition) is 3. The second-order valence-corrected chi connectivity index (χ2v) is 5.26. The van der Waals surface area contributed by atoms with E-state index in [-0.39, 0.29) is 0 Å². The van der Waals surface area contributed by atoms with Gasteiger partial charge in [-0.25, -0.2) is 0 Å². The fourth-order valence-corrected chi connectivity index (χ4v) is 2.07. The van der Waals surface area contributed by atoms with Crippen molar-refractivity contribution in [2.75, 3.05) is 13.2 Å². The van der Waals surface area contributed by atoms with Crippen LogP contribution in [0, 0.1) is 0 Å². The van der Waals surface area contributed by atoms with Crippen LogP contribution in [0.2, 0.25) is 0 Å². The molecule has 0 amide bonds. The summed E-state index contributed by atoms with van der Waals surface area (Å²) in [5.74, 6) is 0.769. The van der Waals surface area contributed by atoms with Crippen LogP contribution < -0.4 is 10.1 Å². The Hall–Kier alpha value is -0.580. The highest BCUT2D eigenvalue weighted by molar-refractivity contribution is 9.10. The quantitative estimate of drug-likeness (QED) is 0.775. The van der Waals surface area contributed by atoms with E-state index in [1.165, 1.54) is 0 Å². The molecule has 1 unspecified atom stereocenters. The standard InChI is InChI=1S/C14H22BrNO2/c1-3-12(4-2)16-9-13(17)10-18-14-7-5-6-11(15)8-14/h5-8,12-13,16-17H,3-4,9-10H2,1-2H3. The third kappa shape index (κ3) is 5.85. The minimum absolute atomic E-state index is 0.309. The number of benzene rings is 1. The van der Waals surface area contributed by atoms with Crippen molar-refractivity contribution in [2.45, 2.75) is 38.8 Å². The lowest BCUT2D eigenvalue weighted by atomic mass is 10.1. The van der Waals surface area contributed by atoms with E-state index in [9.17, 15) is 5.11 Å². The van der Waals surface area contributed by atoms with Crippen LogP contribution in [0.4, 0.5) is 0 Å². The first-order chi connectivity index (χ1) is 8.65. The summed E-state index contributed by atoms with van der Waals surface area (Å²) in [5.41, 5.74) is 0. The molecular formula is C14H22BrNO2. The number of halogens is 1. The van der Waals surface area contributed by atoms with Crippen LogP contribution >= 0.6 is 15.9 Å². The second-order valence-electron chi connectivity index (χ2n) is 4.34. The van der Waals surface area contributed by atoms with E-state index in [1.54, 1.807) is 0 Å². The van der Waals surface area contributed by atoms with Crippen LogP contribution in [0.15, 0.2) is 28.7 Å². The molecule has 102 valence electrons. The Labute approximate surface area is 118 Å². The number of hydrogen-bond donors (Lipinski definition) is 2. The lowest BCUT2D eigenvalue weighted by Gasteiger charge is -2.18. The van der Waals surface area contributed by atoms with Crippen molar-refractivity contribution in [3.05, 3.63) is 28.7 Å². The van der Waals surface area contributed by atoms with Gasteiger partial charge < -0.3 is 15.2 Å². The topological polar surface area (TPSA) is 41.5 Å². The van der Waals surface area contributed by atoms with Crippen molar-refractivity contribution < 1.29 is 9.84 Å². The van der Waals surface area contributed by atoms with E-state index in [2.05, 4.69) is 35.1 Å². The molecule has 1 rings (SSSR count). The molecule has 0 aliphatic carbocycles. The van der Waals surface area contributed by atoms with Crippen molar-refractivity contribution in [1.29, 1.82) is 0 Å². The molecule has 0 radical (unpaired) electrons. The van der Waals surface area contributed by atoms with Crippen LogP contribution in [0.1, 0.15) is 26.7 Å². The molecule has 1 aromatic carbocycles. The Morgan fingerprint density at radius 1 is 1.33 bits per heavy atom. The summed E-state index contributed by atoms with van der Waals surface area (Å²) in [6.07, 6.45) is 1.68. The molecule has 0 heterocycles. The van der Waals surface area contributed by atoms with E-state index >= 15 is 0 Å². The van der Waals surface area contributed by atoms with E-state index < -0.39 is 6.10 Å². The zero-order valence-corrected chi connectivity index (χ0v) is 12.6. The summed E-state index contributed by atoms with van der Waals surface area (Å²) in [6, 6.07) is 8.10. The van der Waals surface area contributed by atoms with Gasteiger partial charge in [0.25, 0.3) is 0 Å². The van der Waals surface area contributed by atoms with Crippen molar-refractivity contribution in [2.24, 2.45) is 0 Å². The molecule has 0 fully saturated rings. The first-order valence-corrected chi connectivity index (χ1v) is 7.24. The maximum atomic E-state index is 9.82. The first kappa shape index (κ1) is 15.5. The molecule has 0 saturated heterocycles. The van der Waals surface area contributed by atoms with Crippen molar-refractivity contribution in [3.63, 3.8) is 0 Å². The molecule has 0 aliphatic heterocycles. The summed E-state index contributed by atoms with van der Waals surface area (Å²) in [6.45, 7) is 5.17. The van der Waals surface area contributed by atoms with E-state index in [1.807, 2.05) is 24.3 Å². The average molecular weight is 316 g/mol. The largest absolute Gasteiger partial charge is 0.491 e. The predicted molar refractivity (Wildman–Crippen MR) is 78.0 cm³/mol. The van der Waals surface area contributed by atoms with E-state index in [0.29, 0.717) is 19.2 Å². The second kappa shape index (κ2) is 8.51. The minimum Gasteiger partial charge on any atom is -0.491 e. The van der Waals surface area contributed by atoms with Crippen LogP contribution in [-0.2, 0) is 0 Å². The smallest absolute Gasteiger partial charge is 0.120 e. The van der Waals surface area contributed by atoms with Gasteiger partial charge in [0.15, 0.2) is 0 Å². The van der Waals surface area contributed by atoms with Gasteiger partial charge in [0.05, 0.1) is 0 Å². The minimum atomic E-state index is -0.482. The van der Waals surface area contributed by atoms with E-state index in [0.717, 1.165) is 23.1 Å². The Kier molecular flexibility index (Phi) is 7.32. The highest BCUT2D eigenvalue weighted by atomic mass is 79.9. The van der Waals surface area contributed by atoms with E-state index in [4.69, 9.17) is 4.74 Å². The molecule has 18 heavy (non-hydrogen) atoms. The summed E-state index contributed by atoms with van der Waals surface area (Å²) >= 11 is 3.38. The van der Waals surface area contributed by atoms with Gasteiger partial charge in [-0.15, -0.1) is 0 Å². The highest BCUT2D eigenvalue weighted by Gasteiger charge is 2.08. The molecule has 0 aliphatic rings. The number of rotatable bonds is 8. The lowest BCUT2D eigenvalue weighted by molar-refractivity contribution is 0.103. The van der Waals surface area contributed by atoms with Gasteiger partial charge in [0.1, 0.15) is 18.5 Å². The van der Waals surface area contributed by atoms with Gasteiger partial charge in [0, 0.05) is 17.1 Å². The Morgan fingerprint density at radius 2 is 2.06 bits per heavy atom. The van der Waals surface area contributed by atoms with Crippen molar-refractivity contribution in [3.8, 4) is 5.75 Å². The van der Waals surface area contributed by atoms with Gasteiger partial charge in [0.2, 0.25) is 0 Å². The zero-order valence-electron chi connectivity index (χ0n) is 11.0. The van der Waals surface area contributed by atoms with Gasteiger partial charge in [-0.3, -0.25) is 0 Å². The Balaban J connectivity index is 2.26. The molecule has 0 saturated carbocycles. The number of aliphatic hydroxyl groups excluding tert-OH is 1. The maximum Gasteiger partial charge on any atom is 0.120 e. The third-order valence-corrected chi connectivity index (χ3v) is 3.36. The van der Waals surface area contributed by atoms with Gasteiger partial charge in [-0.1, -0.05) is 35.8 Å². The SMILES string of the molecule is CCC(CC)NCC(O)COc1cccc(Br)c1. The number of nitrogens with one attached hydrogen (secondary N) is 1. The fraction of sp³-hybridized carbons (Fsp3) is 0.571. The molecule has 1 atom stereocenters. The van der Waals surface area contributed by atoms with Crippen LogP contribution in [0.5, 0.6) is 5.75 Å². The molecule has 2 N–H and O–H groups in total. The summed E-state index contributed by atoms with van der Waals surface area (Å²) in [7, 11) is 0. The molecule has 0 spiro atoms. The number of ether oxygens (including phenoxy) is 1. The molecule has 3 nitrogen and oxygen atoms in total. The fourth-order valence-electron chi connectivity index (χ4n) is 1.69. The molecule has 0 bridgehead atoms. The molecule has 4 heteroatoms. The lowest BCUT2D eigenvalue weighted by Crippen LogP contribution is -2.37. The van der Waals surface area contributed by atoms with Crippen LogP contribution in [-0.4, -0.2) is 30.4 Å². The third-order valence-electron chi connectivity index (χ3n) is 2.87. The van der Waals surface area contributed by atoms with Crippen LogP contribution in [0.3, 0.4) is 0 Å². The van der Waals surface area contributed by atoms with Crippen LogP contribution in [0.25, 0.3) is 0 Å². The van der Waals surface area contributed by atoms with Gasteiger partial charge >= 0.3 is 0 Å². The predicted octanol–water partition coefficient (Wildman–Crippen LogP) is 2.97. The highest BCUT2D eigenvalue weighted by Crippen LogP contribution is 2.17. The van der Waals surface area contributed by atoms with Gasteiger partial charge in [-0.05, 0) is 31.0 Å². The van der Waals surface area contributed by atoms with Crippen molar-refractivity contribution >= 4 is 15.9 Å². The molecule has 1 aromatic rings. The zero-order chi connectivity index (χ0) is 13.4. The summed E-state index contributed by atoms with van der Waals surface area (Å²) in [5, 5.41) is 13.1. The number of aliphatic hydroxyl groups is 1. The average Bonchev–Trinajstić information content (AvgIpc) is 2.37. The maximum absolute atomic E-state index is 9.82. The molecular weight excluding hydrogens is 294 g/mol. The summed E-state index contributed by atoms with van der Waals surface area (Å²) in [4.78, 5) is 0. The normalized spacial score (nSPS) is 12.7. The van der Waals surface area contributed by atoms with Gasteiger partial charge in [-0.2, -0.15) is 0 Å². The molecule has 0 aromatic heterocycles. The summed E-state index contributed by atoms with van der Waals surface area (Å²) < 4.78 is 6.50.